The van der Waals surface area contributed by atoms with Crippen LogP contribution in [-0.2, 0) is 0 Å². The molecule has 116 valence electrons. The molecule has 0 heterocycles. The summed E-state index contributed by atoms with van der Waals surface area (Å²) in [5.74, 6) is 0.285. The molecular weight excluding hydrogens is 270 g/mol. The van der Waals surface area contributed by atoms with E-state index < -0.39 is 0 Å². The molecule has 0 bridgehead atoms. The van der Waals surface area contributed by atoms with Crippen LogP contribution >= 0.6 is 0 Å². The van der Waals surface area contributed by atoms with Gasteiger partial charge in [-0.3, -0.25) is 4.79 Å². The van der Waals surface area contributed by atoms with Crippen molar-refractivity contribution in [2.24, 2.45) is 0 Å². The van der Waals surface area contributed by atoms with Crippen molar-refractivity contribution in [2.45, 2.75) is 45.1 Å². The van der Waals surface area contributed by atoms with Crippen LogP contribution in [0.15, 0.2) is 42.5 Å². The molecule has 0 saturated heterocycles. The molecule has 2 nitrogen and oxygen atoms in total. The van der Waals surface area contributed by atoms with Gasteiger partial charge in [0.25, 0.3) is 0 Å². The zero-order valence-electron chi connectivity index (χ0n) is 13.5. The second-order valence-electron chi connectivity index (χ2n) is 6.51. The zero-order chi connectivity index (χ0) is 15.4. The lowest BCUT2D eigenvalue weighted by molar-refractivity contribution is -0.917. The van der Waals surface area contributed by atoms with Crippen molar-refractivity contribution in [2.75, 3.05) is 13.1 Å². The van der Waals surface area contributed by atoms with Crippen LogP contribution in [0.5, 0.6) is 0 Å². The van der Waals surface area contributed by atoms with Crippen LogP contribution in [0.25, 0.3) is 10.8 Å². The number of rotatable bonds is 5. The molecule has 0 aromatic heterocycles. The Kier molecular flexibility index (Phi) is 4.89. The number of hydrogen-bond donors (Lipinski definition) is 1. The zero-order valence-corrected chi connectivity index (χ0v) is 13.5. The molecular formula is C20H26NO+. The molecule has 1 fully saturated rings. The molecule has 2 heteroatoms. The predicted molar refractivity (Wildman–Crippen MR) is 91.5 cm³/mol. The summed E-state index contributed by atoms with van der Waals surface area (Å²) < 4.78 is 0. The highest BCUT2D eigenvalue weighted by Crippen LogP contribution is 2.17. The minimum atomic E-state index is 0.285. The van der Waals surface area contributed by atoms with Gasteiger partial charge >= 0.3 is 0 Å². The van der Waals surface area contributed by atoms with Crippen molar-refractivity contribution in [1.82, 2.24) is 0 Å². The Morgan fingerprint density at radius 1 is 1.05 bits per heavy atom. The molecule has 0 aliphatic heterocycles. The summed E-state index contributed by atoms with van der Waals surface area (Å²) in [5, 5.41) is 2.36. The van der Waals surface area contributed by atoms with Crippen molar-refractivity contribution in [3.8, 4) is 0 Å². The number of nitrogens with one attached hydrogen (secondary N) is 1. The lowest BCUT2D eigenvalue weighted by Gasteiger charge is -2.30. The minimum Gasteiger partial charge on any atom is -0.326 e. The van der Waals surface area contributed by atoms with Crippen LogP contribution in [0.4, 0.5) is 0 Å². The number of hydrogen-bond acceptors (Lipinski definition) is 1. The SMILES string of the molecule is CC[NH+](CC(=O)c1ccc2ccccc2c1)C1CCCCC1. The maximum atomic E-state index is 12.7. The summed E-state index contributed by atoms with van der Waals surface area (Å²) in [6, 6.07) is 15.0. The van der Waals surface area contributed by atoms with Gasteiger partial charge in [0.15, 0.2) is 0 Å². The van der Waals surface area contributed by atoms with E-state index in [1.165, 1.54) is 42.4 Å². The Balaban J connectivity index is 1.73. The summed E-state index contributed by atoms with van der Waals surface area (Å²) in [6.07, 6.45) is 6.60. The molecule has 2 aromatic rings. The lowest BCUT2D eigenvalue weighted by Crippen LogP contribution is -3.16. The molecule has 22 heavy (non-hydrogen) atoms. The fourth-order valence-corrected chi connectivity index (χ4v) is 3.74. The summed E-state index contributed by atoms with van der Waals surface area (Å²) in [6.45, 7) is 3.89. The molecule has 0 amide bonds. The van der Waals surface area contributed by atoms with E-state index in [1.54, 1.807) is 0 Å². The second kappa shape index (κ2) is 7.06. The molecule has 1 aliphatic carbocycles. The highest BCUT2D eigenvalue weighted by Gasteiger charge is 2.25. The second-order valence-corrected chi connectivity index (χ2v) is 6.51. The Morgan fingerprint density at radius 2 is 1.77 bits per heavy atom. The van der Waals surface area contributed by atoms with Crippen LogP contribution in [0.3, 0.4) is 0 Å². The Hall–Kier alpha value is -1.67. The first-order valence-electron chi connectivity index (χ1n) is 8.64. The number of fused-ring (bicyclic) bond motifs is 1. The van der Waals surface area contributed by atoms with Crippen molar-refractivity contribution in [3.05, 3.63) is 48.0 Å². The van der Waals surface area contributed by atoms with Gasteiger partial charge in [-0.05, 0) is 49.4 Å². The number of carbonyl (C=O) groups excluding carboxylic acids is 1. The summed E-state index contributed by atoms with van der Waals surface area (Å²) in [4.78, 5) is 14.1. The fourth-order valence-electron chi connectivity index (χ4n) is 3.74. The number of likely N-dealkylation sites (N-methyl/N-ethyl adjacent to an activating group) is 1. The van der Waals surface area contributed by atoms with Crippen LogP contribution in [0.1, 0.15) is 49.4 Å². The predicted octanol–water partition coefficient (Wildman–Crippen LogP) is 3.26. The van der Waals surface area contributed by atoms with Gasteiger partial charge in [-0.2, -0.15) is 0 Å². The lowest BCUT2D eigenvalue weighted by atomic mass is 9.93. The standard InChI is InChI=1S/C20H25NO/c1-2-21(19-10-4-3-5-11-19)15-20(22)18-13-12-16-8-6-7-9-17(16)14-18/h6-9,12-14,19H,2-5,10-11,15H2,1H3/p+1. The summed E-state index contributed by atoms with van der Waals surface area (Å²) in [7, 11) is 0. The highest BCUT2D eigenvalue weighted by atomic mass is 16.1. The van der Waals surface area contributed by atoms with E-state index in [-0.39, 0.29) is 5.78 Å². The van der Waals surface area contributed by atoms with Crippen molar-refractivity contribution >= 4 is 16.6 Å². The molecule has 1 saturated carbocycles. The van der Waals surface area contributed by atoms with E-state index in [2.05, 4.69) is 25.1 Å². The Labute approximate surface area is 133 Å². The van der Waals surface area contributed by atoms with Crippen molar-refractivity contribution in [3.63, 3.8) is 0 Å². The molecule has 3 rings (SSSR count). The summed E-state index contributed by atoms with van der Waals surface area (Å²) >= 11 is 0. The topological polar surface area (TPSA) is 21.5 Å². The van der Waals surface area contributed by atoms with E-state index in [1.807, 2.05) is 24.3 Å². The molecule has 1 aliphatic rings. The fraction of sp³-hybridized carbons (Fsp3) is 0.450. The first-order chi connectivity index (χ1) is 10.8. The molecule has 0 spiro atoms. The van der Waals surface area contributed by atoms with E-state index in [4.69, 9.17) is 0 Å². The third-order valence-corrected chi connectivity index (χ3v) is 5.10. The highest BCUT2D eigenvalue weighted by molar-refractivity contribution is 6.00. The summed E-state index contributed by atoms with van der Waals surface area (Å²) in [5.41, 5.74) is 0.862. The number of carbonyl (C=O) groups is 1. The van der Waals surface area contributed by atoms with Crippen LogP contribution in [0.2, 0.25) is 0 Å². The average Bonchev–Trinajstić information content (AvgIpc) is 2.59. The van der Waals surface area contributed by atoms with Gasteiger partial charge in [-0.1, -0.05) is 42.8 Å². The molecule has 1 unspecified atom stereocenters. The third-order valence-electron chi connectivity index (χ3n) is 5.10. The quantitative estimate of drug-likeness (QED) is 0.840. The molecule has 1 N–H and O–H groups in total. The van der Waals surface area contributed by atoms with Gasteiger partial charge in [0.2, 0.25) is 5.78 Å². The Morgan fingerprint density at radius 3 is 2.50 bits per heavy atom. The Bertz CT molecular complexity index is 643. The van der Waals surface area contributed by atoms with Crippen LogP contribution in [0, 0.1) is 0 Å². The third kappa shape index (κ3) is 3.38. The molecule has 1 atom stereocenters. The normalized spacial score (nSPS) is 17.5. The van der Waals surface area contributed by atoms with Crippen LogP contribution < -0.4 is 4.90 Å². The maximum Gasteiger partial charge on any atom is 0.216 e. The van der Waals surface area contributed by atoms with E-state index >= 15 is 0 Å². The van der Waals surface area contributed by atoms with E-state index in [0.29, 0.717) is 12.6 Å². The van der Waals surface area contributed by atoms with Crippen molar-refractivity contribution < 1.29 is 9.69 Å². The van der Waals surface area contributed by atoms with Gasteiger partial charge in [-0.15, -0.1) is 0 Å². The number of quaternary nitrogens is 1. The van der Waals surface area contributed by atoms with Gasteiger partial charge in [0, 0.05) is 5.56 Å². The minimum absolute atomic E-state index is 0.285. The average molecular weight is 296 g/mol. The smallest absolute Gasteiger partial charge is 0.216 e. The van der Waals surface area contributed by atoms with Crippen LogP contribution in [-0.4, -0.2) is 24.9 Å². The van der Waals surface area contributed by atoms with Gasteiger partial charge in [-0.25, -0.2) is 0 Å². The first-order valence-corrected chi connectivity index (χ1v) is 8.64. The number of benzene rings is 2. The number of Topliss-reactive ketones (excluding diaryl/α,β-unsaturated/α-hetero) is 1. The van der Waals surface area contributed by atoms with Crippen molar-refractivity contribution in [1.29, 1.82) is 0 Å². The molecule has 2 aromatic carbocycles. The van der Waals surface area contributed by atoms with Gasteiger partial charge in [0.1, 0.15) is 6.54 Å². The van der Waals surface area contributed by atoms with E-state index in [0.717, 1.165) is 17.5 Å². The monoisotopic (exact) mass is 296 g/mol. The van der Waals surface area contributed by atoms with E-state index in [9.17, 15) is 4.79 Å². The largest absolute Gasteiger partial charge is 0.326 e. The molecule has 0 radical (unpaired) electrons. The van der Waals surface area contributed by atoms with Gasteiger partial charge in [0.05, 0.1) is 12.6 Å². The first kappa shape index (κ1) is 15.2. The van der Waals surface area contributed by atoms with Gasteiger partial charge < -0.3 is 4.90 Å². The maximum absolute atomic E-state index is 12.7. The number of ketones is 1.